The molecule has 0 amide bonds. The van der Waals surface area contributed by atoms with Gasteiger partial charge in [-0.25, -0.2) is 0 Å². The Morgan fingerprint density at radius 3 is 1.76 bits per heavy atom. The molecule has 2 aliphatic carbocycles. The van der Waals surface area contributed by atoms with Crippen LogP contribution in [0, 0.1) is 13.8 Å². The summed E-state index contributed by atoms with van der Waals surface area (Å²) in [6.45, 7) is 14.0. The summed E-state index contributed by atoms with van der Waals surface area (Å²) in [6, 6.07) is 61.4. The fourth-order valence-electron chi connectivity index (χ4n) is 9.98. The molecule has 8 aromatic carbocycles. The van der Waals surface area contributed by atoms with Gasteiger partial charge in [0.1, 0.15) is 0 Å². The molecule has 0 N–H and O–H groups in total. The van der Waals surface area contributed by atoms with Crippen LogP contribution in [0.5, 0.6) is 0 Å². The molecule has 0 heterocycles. The molecule has 8 aromatic rings. The van der Waals surface area contributed by atoms with Gasteiger partial charge in [-0.15, -0.1) is 0 Å². The first-order chi connectivity index (χ1) is 26.6. The molecule has 1 heteroatoms. The van der Waals surface area contributed by atoms with Crippen molar-refractivity contribution >= 4 is 27.8 Å². The highest BCUT2D eigenvalue weighted by Crippen LogP contribution is 2.57. The Balaban J connectivity index is 1.29. The number of aryl methyl sites for hydroxylation is 2. The predicted octanol–water partition coefficient (Wildman–Crippen LogP) is 14.9. The van der Waals surface area contributed by atoms with Crippen LogP contribution >= 0.6 is 0 Å². The lowest BCUT2D eigenvalue weighted by atomic mass is 9.82. The van der Waals surface area contributed by atoms with Gasteiger partial charge in [0.2, 0.25) is 0 Å². The molecule has 2 aliphatic rings. The first-order valence-corrected chi connectivity index (χ1v) is 19.6. The largest absolute Gasteiger partial charge is 0.309 e. The lowest BCUT2D eigenvalue weighted by Gasteiger charge is -2.32. The average Bonchev–Trinajstić information content (AvgIpc) is 3.58. The highest BCUT2D eigenvalue weighted by Gasteiger charge is 2.39. The van der Waals surface area contributed by atoms with Crippen LogP contribution in [0.15, 0.2) is 164 Å². The van der Waals surface area contributed by atoms with Gasteiger partial charge in [-0.05, 0) is 122 Å². The quantitative estimate of drug-likeness (QED) is 0.172. The Labute approximate surface area is 325 Å². The average molecular weight is 708 g/mol. The topological polar surface area (TPSA) is 3.24 Å². The van der Waals surface area contributed by atoms with Gasteiger partial charge in [-0.3, -0.25) is 0 Å². The third-order valence-corrected chi connectivity index (χ3v) is 12.7. The Hall–Kier alpha value is -6.18. The third-order valence-electron chi connectivity index (χ3n) is 12.7. The zero-order valence-electron chi connectivity index (χ0n) is 32.5. The molecular weight excluding hydrogens is 663 g/mol. The molecule has 1 nitrogen and oxygen atoms in total. The number of nitrogens with zero attached hydrogens (tertiary/aromatic N) is 1. The summed E-state index contributed by atoms with van der Waals surface area (Å²) in [5.41, 5.74) is 21.6. The standard InChI is InChI=1S/C54H45N/c1-34-16-13-17-35(2)51(34)44-32-37(40-23-14-19-36-18-7-8-20-39(36)40)28-31-49(44)55(38-29-30-42-41-21-9-11-24-45(41)54(5,6)48(42)33-38)50-27-15-26-47-52(50)43-22-10-12-25-46(43)53(47,3)4/h7-33H,1-6H3. The van der Waals surface area contributed by atoms with Gasteiger partial charge in [0, 0.05) is 27.6 Å². The van der Waals surface area contributed by atoms with E-state index in [1.165, 1.54) is 106 Å². The van der Waals surface area contributed by atoms with Crippen molar-refractivity contribution in [3.8, 4) is 44.5 Å². The zero-order chi connectivity index (χ0) is 37.6. The van der Waals surface area contributed by atoms with Gasteiger partial charge in [-0.1, -0.05) is 161 Å². The van der Waals surface area contributed by atoms with Crippen molar-refractivity contribution in [2.45, 2.75) is 52.4 Å². The molecule has 0 atom stereocenters. The Morgan fingerprint density at radius 2 is 0.964 bits per heavy atom. The van der Waals surface area contributed by atoms with Gasteiger partial charge in [0.15, 0.2) is 0 Å². The first-order valence-electron chi connectivity index (χ1n) is 19.6. The van der Waals surface area contributed by atoms with E-state index in [9.17, 15) is 0 Å². The fourth-order valence-corrected chi connectivity index (χ4v) is 9.98. The molecule has 0 unspecified atom stereocenters. The third kappa shape index (κ3) is 4.92. The molecule has 0 spiro atoms. The minimum atomic E-state index is -0.130. The second kappa shape index (κ2) is 12.2. The molecule has 0 saturated carbocycles. The number of hydrogen-bond acceptors (Lipinski definition) is 1. The molecule has 0 bridgehead atoms. The molecular formula is C54H45N. The number of hydrogen-bond donors (Lipinski definition) is 0. The molecule has 0 saturated heterocycles. The Kier molecular flexibility index (Phi) is 7.39. The molecule has 55 heavy (non-hydrogen) atoms. The van der Waals surface area contributed by atoms with Crippen molar-refractivity contribution < 1.29 is 0 Å². The lowest BCUT2D eigenvalue weighted by Crippen LogP contribution is -2.18. The summed E-state index contributed by atoms with van der Waals surface area (Å²) in [7, 11) is 0. The van der Waals surface area contributed by atoms with Gasteiger partial charge < -0.3 is 4.90 Å². The molecule has 10 rings (SSSR count). The molecule has 266 valence electrons. The van der Waals surface area contributed by atoms with Crippen LogP contribution in [0.4, 0.5) is 17.1 Å². The van der Waals surface area contributed by atoms with Crippen molar-refractivity contribution in [1.29, 1.82) is 0 Å². The van der Waals surface area contributed by atoms with Crippen LogP contribution in [0.1, 0.15) is 61.1 Å². The van der Waals surface area contributed by atoms with E-state index >= 15 is 0 Å². The molecule has 0 aliphatic heterocycles. The van der Waals surface area contributed by atoms with Gasteiger partial charge in [-0.2, -0.15) is 0 Å². The number of anilines is 3. The van der Waals surface area contributed by atoms with E-state index in [-0.39, 0.29) is 10.8 Å². The number of rotatable bonds is 5. The van der Waals surface area contributed by atoms with Crippen molar-refractivity contribution in [3.63, 3.8) is 0 Å². The maximum atomic E-state index is 2.57. The Morgan fingerprint density at radius 1 is 0.382 bits per heavy atom. The minimum Gasteiger partial charge on any atom is -0.309 e. The summed E-state index contributed by atoms with van der Waals surface area (Å²) < 4.78 is 0. The van der Waals surface area contributed by atoms with Gasteiger partial charge in [0.05, 0.1) is 11.4 Å². The first kappa shape index (κ1) is 33.4. The SMILES string of the molecule is Cc1cccc(C)c1-c1cc(-c2cccc3ccccc23)ccc1N(c1ccc2c(c1)C(C)(C)c1ccccc1-2)c1cccc2c1-c1ccccc1C2(C)C. The lowest BCUT2D eigenvalue weighted by molar-refractivity contribution is 0.660. The second-order valence-corrected chi connectivity index (χ2v) is 16.6. The van der Waals surface area contributed by atoms with E-state index in [0.717, 1.165) is 0 Å². The highest BCUT2D eigenvalue weighted by molar-refractivity contribution is 6.02. The van der Waals surface area contributed by atoms with Crippen molar-refractivity contribution in [2.24, 2.45) is 0 Å². The summed E-state index contributed by atoms with van der Waals surface area (Å²) in [5.74, 6) is 0. The van der Waals surface area contributed by atoms with Crippen LogP contribution in [0.3, 0.4) is 0 Å². The van der Waals surface area contributed by atoms with Crippen LogP contribution in [0.25, 0.3) is 55.3 Å². The maximum Gasteiger partial charge on any atom is 0.0543 e. The summed E-state index contributed by atoms with van der Waals surface area (Å²) in [4.78, 5) is 2.57. The molecule has 0 radical (unpaired) electrons. The van der Waals surface area contributed by atoms with Crippen LogP contribution < -0.4 is 4.90 Å². The van der Waals surface area contributed by atoms with Gasteiger partial charge >= 0.3 is 0 Å². The van der Waals surface area contributed by atoms with E-state index in [1.807, 2.05) is 0 Å². The molecule has 0 aromatic heterocycles. The summed E-state index contributed by atoms with van der Waals surface area (Å²) >= 11 is 0. The van der Waals surface area contributed by atoms with Crippen LogP contribution in [-0.4, -0.2) is 0 Å². The van der Waals surface area contributed by atoms with Crippen molar-refractivity contribution in [2.75, 3.05) is 4.90 Å². The van der Waals surface area contributed by atoms with Crippen molar-refractivity contribution in [3.05, 3.63) is 197 Å². The van der Waals surface area contributed by atoms with Crippen LogP contribution in [-0.2, 0) is 10.8 Å². The minimum absolute atomic E-state index is 0.122. The zero-order valence-corrected chi connectivity index (χ0v) is 32.5. The molecule has 0 fully saturated rings. The van der Waals surface area contributed by atoms with E-state index in [2.05, 4.69) is 210 Å². The maximum absolute atomic E-state index is 2.57. The van der Waals surface area contributed by atoms with Gasteiger partial charge in [0.25, 0.3) is 0 Å². The second-order valence-electron chi connectivity index (χ2n) is 16.6. The summed E-state index contributed by atoms with van der Waals surface area (Å²) in [6.07, 6.45) is 0. The van der Waals surface area contributed by atoms with E-state index < -0.39 is 0 Å². The number of fused-ring (bicyclic) bond motifs is 7. The van der Waals surface area contributed by atoms with E-state index in [4.69, 9.17) is 0 Å². The normalized spacial score (nSPS) is 14.3. The van der Waals surface area contributed by atoms with E-state index in [0.29, 0.717) is 0 Å². The number of benzene rings is 8. The van der Waals surface area contributed by atoms with Crippen LogP contribution in [0.2, 0.25) is 0 Å². The monoisotopic (exact) mass is 707 g/mol. The highest BCUT2D eigenvalue weighted by atomic mass is 15.1. The predicted molar refractivity (Wildman–Crippen MR) is 234 cm³/mol. The summed E-state index contributed by atoms with van der Waals surface area (Å²) in [5, 5.41) is 2.52. The van der Waals surface area contributed by atoms with Crippen molar-refractivity contribution in [1.82, 2.24) is 0 Å². The fraction of sp³-hybridized carbons (Fsp3) is 0.148. The van der Waals surface area contributed by atoms with E-state index in [1.54, 1.807) is 0 Å². The smallest absolute Gasteiger partial charge is 0.0543 e. The Bertz CT molecular complexity index is 2820.